The number of benzene rings is 2. The van der Waals surface area contributed by atoms with E-state index < -0.39 is 11.9 Å². The highest BCUT2D eigenvalue weighted by Crippen LogP contribution is 2.30. The first-order chi connectivity index (χ1) is 24.9. The van der Waals surface area contributed by atoms with Crippen molar-refractivity contribution < 1.29 is 52.7 Å². The molecule has 0 saturated heterocycles. The summed E-state index contributed by atoms with van der Waals surface area (Å²) in [6.45, 7) is 16.5. The van der Waals surface area contributed by atoms with E-state index in [1.165, 1.54) is 0 Å². The van der Waals surface area contributed by atoms with Gasteiger partial charge in [0.1, 0.15) is 0 Å². The van der Waals surface area contributed by atoms with Crippen molar-refractivity contribution in [3.8, 4) is 23.0 Å². The lowest BCUT2D eigenvalue weighted by molar-refractivity contribution is -0.144. The number of aliphatic hydroxyl groups is 1. The van der Waals surface area contributed by atoms with Gasteiger partial charge in [0.15, 0.2) is 23.0 Å². The van der Waals surface area contributed by atoms with Crippen molar-refractivity contribution in [2.45, 2.75) is 79.1 Å². The fourth-order valence-electron chi connectivity index (χ4n) is 4.62. The molecule has 2 rings (SSSR count). The van der Waals surface area contributed by atoms with Gasteiger partial charge >= 0.3 is 23.9 Å². The Balaban J connectivity index is 1.55. The van der Waals surface area contributed by atoms with E-state index in [9.17, 15) is 24.3 Å². The molecule has 286 valence electrons. The van der Waals surface area contributed by atoms with Crippen molar-refractivity contribution in [1.29, 1.82) is 0 Å². The maximum atomic E-state index is 12.3. The van der Waals surface area contributed by atoms with Crippen molar-refractivity contribution in [2.24, 2.45) is 0 Å². The Bertz CT molecular complexity index is 1380. The zero-order valence-corrected chi connectivity index (χ0v) is 31.2. The highest BCUT2D eigenvalue weighted by molar-refractivity contribution is 5.89. The minimum absolute atomic E-state index is 0.102. The van der Waals surface area contributed by atoms with Crippen LogP contribution in [-0.4, -0.2) is 86.6 Å². The van der Waals surface area contributed by atoms with Crippen LogP contribution in [0.15, 0.2) is 60.7 Å². The van der Waals surface area contributed by atoms with Crippen LogP contribution in [0, 0.1) is 13.8 Å². The quantitative estimate of drug-likeness (QED) is 0.0508. The van der Waals surface area contributed by atoms with Crippen LogP contribution in [0.5, 0.6) is 23.0 Å². The standard InChI is InChI=1S/C40H55NO11/c1-29(2)39(45)51-35-27-31(5)13-15-33(35)47-23-9-7-11-25-49-37(43)17-19-41(21-22-42)20-18-38(44)50-26-12-8-10-24-48-34-16-14-32(6)28-36(34)52-40(46)30(3)4/h13-16,27-28,42H,1,3,7-12,17-26H2,2,4-6H3. The molecule has 0 heterocycles. The minimum atomic E-state index is -0.512. The Kier molecular flexibility index (Phi) is 20.5. The van der Waals surface area contributed by atoms with E-state index >= 15 is 0 Å². The van der Waals surface area contributed by atoms with Gasteiger partial charge in [-0.25, -0.2) is 9.59 Å². The van der Waals surface area contributed by atoms with Gasteiger partial charge in [0.2, 0.25) is 0 Å². The maximum Gasteiger partial charge on any atom is 0.338 e. The second kappa shape index (κ2) is 24.5. The van der Waals surface area contributed by atoms with Gasteiger partial charge in [-0.15, -0.1) is 0 Å². The predicted octanol–water partition coefficient (Wildman–Crippen LogP) is 6.23. The number of nitrogens with zero attached hydrogens (tertiary/aromatic N) is 1. The van der Waals surface area contributed by atoms with Crippen LogP contribution in [0.3, 0.4) is 0 Å². The molecule has 0 bridgehead atoms. The third-order valence-electron chi connectivity index (χ3n) is 7.60. The van der Waals surface area contributed by atoms with Gasteiger partial charge in [0.05, 0.1) is 45.9 Å². The van der Waals surface area contributed by atoms with Gasteiger partial charge in [-0.05, 0) is 102 Å². The minimum Gasteiger partial charge on any atom is -0.490 e. The molecule has 0 atom stereocenters. The number of unbranched alkanes of at least 4 members (excludes halogenated alkanes) is 4. The summed E-state index contributed by atoms with van der Waals surface area (Å²) in [7, 11) is 0. The maximum absolute atomic E-state index is 12.3. The third-order valence-corrected chi connectivity index (χ3v) is 7.60. The number of hydrogen-bond donors (Lipinski definition) is 1. The van der Waals surface area contributed by atoms with Gasteiger partial charge in [-0.1, -0.05) is 25.3 Å². The zero-order valence-electron chi connectivity index (χ0n) is 31.2. The number of ether oxygens (including phenoxy) is 6. The van der Waals surface area contributed by atoms with Crippen LogP contribution in [-0.2, 0) is 28.7 Å². The van der Waals surface area contributed by atoms with Crippen LogP contribution >= 0.6 is 0 Å². The van der Waals surface area contributed by atoms with Gasteiger partial charge in [-0.2, -0.15) is 0 Å². The molecule has 0 unspecified atom stereocenters. The molecule has 12 heteroatoms. The highest BCUT2D eigenvalue weighted by Gasteiger charge is 2.14. The molecule has 1 N–H and O–H groups in total. The number of carbonyl (C=O) groups is 4. The SMILES string of the molecule is C=C(C)C(=O)Oc1cc(C)ccc1OCCCCCOC(=O)CCN(CCO)CCC(=O)OCCCCCOc1ccc(C)cc1OC(=O)C(=C)C. The van der Waals surface area contributed by atoms with Crippen LogP contribution < -0.4 is 18.9 Å². The van der Waals surface area contributed by atoms with E-state index in [0.717, 1.165) is 36.8 Å². The first kappa shape index (κ1) is 43.5. The number of rotatable bonds is 26. The molecular weight excluding hydrogens is 670 g/mol. The topological polar surface area (TPSA) is 147 Å². The second-order valence-electron chi connectivity index (χ2n) is 12.6. The summed E-state index contributed by atoms with van der Waals surface area (Å²) >= 11 is 0. The average Bonchev–Trinajstić information content (AvgIpc) is 3.10. The van der Waals surface area contributed by atoms with Crippen LogP contribution in [0.2, 0.25) is 0 Å². The number of aryl methyl sites for hydroxylation is 2. The Labute approximate surface area is 307 Å². The molecule has 0 aliphatic heterocycles. The third kappa shape index (κ3) is 18.0. The van der Waals surface area contributed by atoms with E-state index in [4.69, 9.17) is 28.4 Å². The van der Waals surface area contributed by atoms with Crippen molar-refractivity contribution in [1.82, 2.24) is 4.90 Å². The molecular formula is C40H55NO11. The predicted molar refractivity (Wildman–Crippen MR) is 197 cm³/mol. The van der Waals surface area contributed by atoms with E-state index in [1.54, 1.807) is 38.1 Å². The van der Waals surface area contributed by atoms with Crippen molar-refractivity contribution in [3.05, 3.63) is 71.8 Å². The fraction of sp³-hybridized carbons (Fsp3) is 0.500. The highest BCUT2D eigenvalue weighted by atomic mass is 16.6. The summed E-state index contributed by atoms with van der Waals surface area (Å²) in [6, 6.07) is 10.8. The summed E-state index contributed by atoms with van der Waals surface area (Å²) in [5.41, 5.74) is 2.46. The smallest absolute Gasteiger partial charge is 0.338 e. The summed E-state index contributed by atoms with van der Waals surface area (Å²) in [5.74, 6) is -0.0606. The van der Waals surface area contributed by atoms with Gasteiger partial charge in [0.25, 0.3) is 0 Å². The molecule has 12 nitrogen and oxygen atoms in total. The fourth-order valence-corrected chi connectivity index (χ4v) is 4.62. The van der Waals surface area contributed by atoms with Crippen molar-refractivity contribution in [2.75, 3.05) is 52.7 Å². The number of aliphatic hydroxyl groups excluding tert-OH is 1. The lowest BCUT2D eigenvalue weighted by Gasteiger charge is -2.20. The molecule has 2 aromatic rings. The van der Waals surface area contributed by atoms with Crippen LogP contribution in [0.25, 0.3) is 0 Å². The largest absolute Gasteiger partial charge is 0.490 e. The Morgan fingerprint density at radius 1 is 0.596 bits per heavy atom. The van der Waals surface area contributed by atoms with E-state index in [-0.39, 0.29) is 44.6 Å². The number of carbonyl (C=O) groups excluding carboxylic acids is 4. The van der Waals surface area contributed by atoms with Crippen LogP contribution in [0.4, 0.5) is 0 Å². The van der Waals surface area contributed by atoms with Gasteiger partial charge in [0, 0.05) is 30.8 Å². The van der Waals surface area contributed by atoms with Crippen molar-refractivity contribution >= 4 is 23.9 Å². The normalized spacial score (nSPS) is 10.7. The summed E-state index contributed by atoms with van der Waals surface area (Å²) in [4.78, 5) is 50.3. The number of esters is 4. The summed E-state index contributed by atoms with van der Waals surface area (Å²) < 4.78 is 33.1. The molecule has 0 spiro atoms. The molecule has 52 heavy (non-hydrogen) atoms. The molecule has 0 amide bonds. The van der Waals surface area contributed by atoms with E-state index in [2.05, 4.69) is 13.2 Å². The van der Waals surface area contributed by atoms with Gasteiger partial charge in [-0.3, -0.25) is 14.5 Å². The molecule has 0 aromatic heterocycles. The average molecular weight is 726 g/mol. The summed E-state index contributed by atoms with van der Waals surface area (Å²) in [6.07, 6.45) is 4.60. The number of hydrogen-bond acceptors (Lipinski definition) is 12. The first-order valence-corrected chi connectivity index (χ1v) is 17.8. The van der Waals surface area contributed by atoms with Crippen LogP contribution in [0.1, 0.15) is 76.3 Å². The monoisotopic (exact) mass is 725 g/mol. The van der Waals surface area contributed by atoms with Gasteiger partial charge < -0.3 is 33.5 Å². The molecule has 0 aliphatic rings. The van der Waals surface area contributed by atoms with E-state index in [0.29, 0.717) is 79.8 Å². The lowest BCUT2D eigenvalue weighted by Crippen LogP contribution is -2.32. The second-order valence-corrected chi connectivity index (χ2v) is 12.6. The first-order valence-electron chi connectivity index (χ1n) is 17.8. The molecule has 0 radical (unpaired) electrons. The Morgan fingerprint density at radius 3 is 1.38 bits per heavy atom. The summed E-state index contributed by atoms with van der Waals surface area (Å²) in [5, 5.41) is 9.43. The van der Waals surface area contributed by atoms with E-state index in [1.807, 2.05) is 30.9 Å². The lowest BCUT2D eigenvalue weighted by atomic mass is 10.2. The molecule has 2 aromatic carbocycles. The van der Waals surface area contributed by atoms with Crippen molar-refractivity contribution in [3.63, 3.8) is 0 Å². The molecule has 0 aliphatic carbocycles. The Morgan fingerprint density at radius 2 is 1.00 bits per heavy atom. The Hall–Kier alpha value is -4.68. The molecule has 0 saturated carbocycles. The molecule has 0 fully saturated rings. The zero-order chi connectivity index (χ0) is 38.3.